The second kappa shape index (κ2) is 7.26. The van der Waals surface area contributed by atoms with Crippen LogP contribution in [0.15, 0.2) is 53.7 Å². The van der Waals surface area contributed by atoms with Crippen LogP contribution >= 0.6 is 22.6 Å². The molecule has 110 valence electrons. The van der Waals surface area contributed by atoms with E-state index < -0.39 is 0 Å². The lowest BCUT2D eigenvalue weighted by molar-refractivity contribution is 0.316. The van der Waals surface area contributed by atoms with Crippen molar-refractivity contribution in [2.45, 2.75) is 5.92 Å². The highest BCUT2D eigenvalue weighted by atomic mass is 127. The lowest BCUT2D eigenvalue weighted by Crippen LogP contribution is -2.28. The molecule has 0 bridgehead atoms. The highest BCUT2D eigenvalue weighted by Gasteiger charge is 2.16. The van der Waals surface area contributed by atoms with E-state index in [1.165, 1.54) is 12.1 Å². The first-order chi connectivity index (χ1) is 10.1. The average Bonchev–Trinajstić information content (AvgIpc) is 2.50. The van der Waals surface area contributed by atoms with Gasteiger partial charge in [-0.2, -0.15) is 0 Å². The number of nitrogens with two attached hydrogens (primary N) is 1. The summed E-state index contributed by atoms with van der Waals surface area (Å²) in [6, 6.07) is 14.0. The zero-order valence-electron chi connectivity index (χ0n) is 11.1. The summed E-state index contributed by atoms with van der Waals surface area (Å²) in [5.74, 6) is -0.413. The normalized spacial score (nSPS) is 13.0. The number of oxime groups is 1. The van der Waals surface area contributed by atoms with Gasteiger partial charge in [-0.15, -0.1) is 0 Å². The third kappa shape index (κ3) is 4.07. The zero-order chi connectivity index (χ0) is 15.2. The number of amidine groups is 1. The van der Waals surface area contributed by atoms with Gasteiger partial charge in [0.2, 0.25) is 0 Å². The Balaban J connectivity index is 2.17. The van der Waals surface area contributed by atoms with Crippen LogP contribution in [0, 0.1) is 9.39 Å². The maximum atomic E-state index is 13.1. The average molecular weight is 399 g/mol. The van der Waals surface area contributed by atoms with Gasteiger partial charge in [0.25, 0.3) is 0 Å². The Kier molecular flexibility index (Phi) is 5.38. The van der Waals surface area contributed by atoms with Gasteiger partial charge in [0.05, 0.1) is 5.92 Å². The molecule has 0 saturated heterocycles. The summed E-state index contributed by atoms with van der Waals surface area (Å²) < 4.78 is 13.9. The fraction of sp³-hybridized carbons (Fsp3) is 0.133. The van der Waals surface area contributed by atoms with E-state index >= 15 is 0 Å². The van der Waals surface area contributed by atoms with Gasteiger partial charge in [0.1, 0.15) is 11.7 Å². The van der Waals surface area contributed by atoms with E-state index in [0.717, 1.165) is 14.8 Å². The first kappa shape index (κ1) is 15.6. The summed E-state index contributed by atoms with van der Waals surface area (Å²) >= 11 is 2.06. The molecule has 0 saturated carbocycles. The molecule has 1 unspecified atom stereocenters. The molecule has 0 aromatic heterocycles. The standard InChI is InChI=1S/C15H15FIN3O/c16-11-6-7-14(13(17)8-11)19-9-12(15(18)20-21)10-4-2-1-3-5-10/h1-8,12,19,21H,9H2,(H2,18,20). The minimum absolute atomic E-state index is 0.130. The number of anilines is 1. The maximum absolute atomic E-state index is 13.1. The number of halogens is 2. The smallest absolute Gasteiger partial charge is 0.148 e. The van der Waals surface area contributed by atoms with Crippen LogP contribution in [0.3, 0.4) is 0 Å². The molecule has 0 radical (unpaired) electrons. The number of nitrogens with zero attached hydrogens (tertiary/aromatic N) is 1. The lowest BCUT2D eigenvalue weighted by Gasteiger charge is -2.18. The molecule has 0 aliphatic heterocycles. The van der Waals surface area contributed by atoms with Gasteiger partial charge in [-0.1, -0.05) is 35.5 Å². The fourth-order valence-corrected chi connectivity index (χ4v) is 2.66. The van der Waals surface area contributed by atoms with Gasteiger partial charge in [-0.25, -0.2) is 4.39 Å². The van der Waals surface area contributed by atoms with Crippen LogP contribution in [0.5, 0.6) is 0 Å². The molecule has 0 aliphatic rings. The van der Waals surface area contributed by atoms with E-state index in [9.17, 15) is 4.39 Å². The molecule has 2 rings (SSSR count). The van der Waals surface area contributed by atoms with Crippen molar-refractivity contribution < 1.29 is 9.60 Å². The van der Waals surface area contributed by atoms with Crippen molar-refractivity contribution >= 4 is 34.1 Å². The maximum Gasteiger partial charge on any atom is 0.148 e. The molecular weight excluding hydrogens is 384 g/mol. The minimum atomic E-state index is -0.277. The van der Waals surface area contributed by atoms with Crippen LogP contribution in [0.2, 0.25) is 0 Å². The summed E-state index contributed by atoms with van der Waals surface area (Å²) in [6.45, 7) is 0.446. The van der Waals surface area contributed by atoms with Crippen molar-refractivity contribution in [2.24, 2.45) is 10.9 Å². The van der Waals surface area contributed by atoms with Crippen molar-refractivity contribution in [3.05, 3.63) is 63.5 Å². The van der Waals surface area contributed by atoms with Crippen LogP contribution in [0.4, 0.5) is 10.1 Å². The highest BCUT2D eigenvalue weighted by molar-refractivity contribution is 14.1. The Morgan fingerprint density at radius 3 is 2.62 bits per heavy atom. The molecule has 0 amide bonds. The van der Waals surface area contributed by atoms with Crippen LogP contribution < -0.4 is 11.1 Å². The summed E-state index contributed by atoms with van der Waals surface area (Å²) in [6.07, 6.45) is 0. The number of rotatable bonds is 5. The van der Waals surface area contributed by atoms with Crippen molar-refractivity contribution in [1.82, 2.24) is 0 Å². The molecular formula is C15H15FIN3O. The molecule has 4 N–H and O–H groups in total. The second-order valence-electron chi connectivity index (χ2n) is 4.49. The number of hydrogen-bond donors (Lipinski definition) is 3. The second-order valence-corrected chi connectivity index (χ2v) is 5.66. The van der Waals surface area contributed by atoms with E-state index in [4.69, 9.17) is 10.9 Å². The van der Waals surface area contributed by atoms with Gasteiger partial charge >= 0.3 is 0 Å². The Bertz CT molecular complexity index is 634. The first-order valence-corrected chi connectivity index (χ1v) is 7.41. The van der Waals surface area contributed by atoms with Gasteiger partial charge < -0.3 is 16.3 Å². The van der Waals surface area contributed by atoms with Gasteiger partial charge in [0, 0.05) is 15.8 Å². The molecule has 0 spiro atoms. The van der Waals surface area contributed by atoms with Gasteiger partial charge in [0.15, 0.2) is 0 Å². The van der Waals surface area contributed by atoms with Gasteiger partial charge in [-0.3, -0.25) is 0 Å². The summed E-state index contributed by atoms with van der Waals surface area (Å²) in [7, 11) is 0. The Hall–Kier alpha value is -1.83. The molecule has 0 aliphatic carbocycles. The first-order valence-electron chi connectivity index (χ1n) is 6.33. The largest absolute Gasteiger partial charge is 0.409 e. The van der Waals surface area contributed by atoms with Crippen LogP contribution in [0.1, 0.15) is 11.5 Å². The zero-order valence-corrected chi connectivity index (χ0v) is 13.3. The summed E-state index contributed by atoms with van der Waals surface area (Å²) in [5.41, 5.74) is 7.52. The molecule has 0 fully saturated rings. The molecule has 4 nitrogen and oxygen atoms in total. The van der Waals surface area contributed by atoms with Crippen molar-refractivity contribution in [3.8, 4) is 0 Å². The SMILES string of the molecule is NC(=NO)C(CNc1ccc(F)cc1I)c1ccccc1. The monoisotopic (exact) mass is 399 g/mol. The van der Waals surface area contributed by atoms with Crippen LogP contribution in [0.25, 0.3) is 0 Å². The van der Waals surface area contributed by atoms with E-state index in [1.54, 1.807) is 6.07 Å². The summed E-state index contributed by atoms with van der Waals surface area (Å²) in [4.78, 5) is 0. The van der Waals surface area contributed by atoms with Crippen molar-refractivity contribution in [2.75, 3.05) is 11.9 Å². The number of hydrogen-bond acceptors (Lipinski definition) is 3. The van der Waals surface area contributed by atoms with Crippen molar-refractivity contribution in [3.63, 3.8) is 0 Å². The third-order valence-corrected chi connectivity index (χ3v) is 3.99. The highest BCUT2D eigenvalue weighted by Crippen LogP contribution is 2.22. The number of benzene rings is 2. The number of nitrogens with one attached hydrogen (secondary N) is 1. The Labute approximate surface area is 136 Å². The fourth-order valence-electron chi connectivity index (χ4n) is 1.99. The molecule has 21 heavy (non-hydrogen) atoms. The third-order valence-electron chi connectivity index (χ3n) is 3.10. The molecule has 6 heteroatoms. The van der Waals surface area contributed by atoms with E-state index in [0.29, 0.717) is 6.54 Å². The molecule has 2 aromatic rings. The summed E-state index contributed by atoms with van der Waals surface area (Å²) in [5, 5.41) is 15.3. The minimum Gasteiger partial charge on any atom is -0.409 e. The van der Waals surface area contributed by atoms with Crippen molar-refractivity contribution in [1.29, 1.82) is 0 Å². The molecule has 2 aromatic carbocycles. The van der Waals surface area contributed by atoms with E-state index in [1.807, 2.05) is 30.3 Å². The van der Waals surface area contributed by atoms with E-state index in [2.05, 4.69) is 33.1 Å². The molecule has 1 atom stereocenters. The lowest BCUT2D eigenvalue weighted by atomic mass is 9.98. The quantitative estimate of drug-likeness (QED) is 0.237. The van der Waals surface area contributed by atoms with Gasteiger partial charge in [-0.05, 0) is 46.4 Å². The Morgan fingerprint density at radius 2 is 2.00 bits per heavy atom. The molecule has 0 heterocycles. The van der Waals surface area contributed by atoms with Crippen LogP contribution in [-0.2, 0) is 0 Å². The Morgan fingerprint density at radius 1 is 1.29 bits per heavy atom. The van der Waals surface area contributed by atoms with E-state index in [-0.39, 0.29) is 17.6 Å². The predicted octanol–water partition coefficient (Wildman–Crippen LogP) is 3.37. The van der Waals surface area contributed by atoms with Crippen LogP contribution in [-0.4, -0.2) is 17.6 Å². The predicted molar refractivity (Wildman–Crippen MR) is 90.2 cm³/mol. The topological polar surface area (TPSA) is 70.6 Å².